The minimum absolute atomic E-state index is 0.108. The van der Waals surface area contributed by atoms with E-state index in [2.05, 4.69) is 4.98 Å². The predicted molar refractivity (Wildman–Crippen MR) is 88.1 cm³/mol. The fraction of sp³-hybridized carbons (Fsp3) is 0. The van der Waals surface area contributed by atoms with Crippen molar-refractivity contribution in [3.05, 3.63) is 64.4 Å². The van der Waals surface area contributed by atoms with E-state index in [0.29, 0.717) is 9.09 Å². The molecule has 0 bridgehead atoms. The zero-order chi connectivity index (χ0) is 16.0. The van der Waals surface area contributed by atoms with Gasteiger partial charge in [-0.3, -0.25) is 25.0 Å². The first-order valence-electron chi connectivity index (χ1n) is 5.96. The van der Waals surface area contributed by atoms with E-state index in [1.807, 2.05) is 22.6 Å². The molecule has 0 saturated carbocycles. The third-order valence-corrected chi connectivity index (χ3v) is 3.86. The van der Waals surface area contributed by atoms with Gasteiger partial charge in [-0.25, -0.2) is 0 Å². The van der Waals surface area contributed by atoms with Gasteiger partial charge >= 0.3 is 0 Å². The summed E-state index contributed by atoms with van der Waals surface area (Å²) in [5.74, 6) is 0. The van der Waals surface area contributed by atoms with Crippen LogP contribution in [0, 0.1) is 23.8 Å². The summed E-state index contributed by atoms with van der Waals surface area (Å²) in [5.41, 5.74) is -0.477. The van der Waals surface area contributed by atoms with Crippen molar-refractivity contribution in [3.63, 3.8) is 0 Å². The number of halogens is 1. The number of nitro groups is 2. The molecule has 22 heavy (non-hydrogen) atoms. The molecule has 1 heterocycles. The molecule has 3 aromatic rings. The van der Waals surface area contributed by atoms with Crippen molar-refractivity contribution in [2.75, 3.05) is 0 Å². The quantitative estimate of drug-likeness (QED) is 0.301. The Kier molecular flexibility index (Phi) is 3.28. The van der Waals surface area contributed by atoms with Crippen molar-refractivity contribution < 1.29 is 9.85 Å². The highest BCUT2D eigenvalue weighted by Crippen LogP contribution is 2.27. The van der Waals surface area contributed by atoms with Gasteiger partial charge in [-0.1, -0.05) is 0 Å². The standard InChI is InChI=1S/C13H6IN3O5/c14-6-3-9-12(11(4-6)17(21)22)15-10-2-1-7(16(19)20)5-8(10)13(9)18/h1-5H,(H,15,18). The highest BCUT2D eigenvalue weighted by Gasteiger charge is 2.18. The maximum atomic E-state index is 12.5. The van der Waals surface area contributed by atoms with E-state index in [1.165, 1.54) is 30.3 Å². The fourth-order valence-corrected chi connectivity index (χ4v) is 2.88. The van der Waals surface area contributed by atoms with Gasteiger partial charge in [-0.05, 0) is 34.7 Å². The zero-order valence-electron chi connectivity index (χ0n) is 10.7. The summed E-state index contributed by atoms with van der Waals surface area (Å²) in [5, 5.41) is 22.2. The van der Waals surface area contributed by atoms with Crippen LogP contribution in [0.5, 0.6) is 0 Å². The van der Waals surface area contributed by atoms with Crippen LogP contribution >= 0.6 is 22.6 Å². The molecule has 0 saturated heterocycles. The SMILES string of the molecule is O=c1c2cc([N+](=O)[O-])ccc2[nH]c2c([N+](=O)[O-])cc(I)cc12. The number of non-ortho nitro benzene ring substituents is 2. The Labute approximate surface area is 135 Å². The van der Waals surface area contributed by atoms with Crippen LogP contribution in [0.25, 0.3) is 21.8 Å². The summed E-state index contributed by atoms with van der Waals surface area (Å²) < 4.78 is 0.534. The molecule has 0 atom stereocenters. The van der Waals surface area contributed by atoms with Crippen molar-refractivity contribution in [3.8, 4) is 0 Å². The smallest absolute Gasteiger partial charge is 0.294 e. The number of rotatable bonds is 2. The van der Waals surface area contributed by atoms with E-state index in [4.69, 9.17) is 0 Å². The Morgan fingerprint density at radius 1 is 1.00 bits per heavy atom. The topological polar surface area (TPSA) is 119 Å². The van der Waals surface area contributed by atoms with Gasteiger partial charge in [-0.2, -0.15) is 0 Å². The Balaban J connectivity index is 2.52. The highest BCUT2D eigenvalue weighted by molar-refractivity contribution is 14.1. The number of fused-ring (bicyclic) bond motifs is 2. The molecule has 0 aliphatic heterocycles. The third kappa shape index (κ3) is 2.19. The molecule has 0 fully saturated rings. The molecular weight excluding hydrogens is 405 g/mol. The number of hydrogen-bond donors (Lipinski definition) is 1. The number of hydrogen-bond acceptors (Lipinski definition) is 5. The van der Waals surface area contributed by atoms with E-state index < -0.39 is 15.3 Å². The maximum absolute atomic E-state index is 12.5. The monoisotopic (exact) mass is 411 g/mol. The first-order valence-corrected chi connectivity index (χ1v) is 7.04. The van der Waals surface area contributed by atoms with Gasteiger partial charge < -0.3 is 4.98 Å². The number of H-pyrrole nitrogens is 1. The Hall–Kier alpha value is -2.56. The molecule has 9 heteroatoms. The second-order valence-corrected chi connectivity index (χ2v) is 5.79. The molecule has 0 unspecified atom stereocenters. The van der Waals surface area contributed by atoms with Crippen LogP contribution < -0.4 is 5.43 Å². The first kappa shape index (κ1) is 14.4. The number of aromatic amines is 1. The summed E-state index contributed by atoms with van der Waals surface area (Å²) in [6.07, 6.45) is 0. The van der Waals surface area contributed by atoms with Crippen LogP contribution in [0.1, 0.15) is 0 Å². The average Bonchev–Trinajstić information content (AvgIpc) is 2.47. The van der Waals surface area contributed by atoms with E-state index in [9.17, 15) is 25.0 Å². The molecule has 0 radical (unpaired) electrons. The lowest BCUT2D eigenvalue weighted by Gasteiger charge is -2.04. The molecule has 3 rings (SSSR count). The fourth-order valence-electron chi connectivity index (χ4n) is 2.27. The van der Waals surface area contributed by atoms with Crippen molar-refractivity contribution in [1.29, 1.82) is 0 Å². The lowest BCUT2D eigenvalue weighted by Crippen LogP contribution is -2.07. The van der Waals surface area contributed by atoms with Crippen molar-refractivity contribution in [2.24, 2.45) is 0 Å². The Bertz CT molecular complexity index is 1030. The van der Waals surface area contributed by atoms with Crippen LogP contribution in [0.15, 0.2) is 35.1 Å². The van der Waals surface area contributed by atoms with Crippen molar-refractivity contribution >= 4 is 55.8 Å². The molecule has 8 nitrogen and oxygen atoms in total. The van der Waals surface area contributed by atoms with Crippen LogP contribution in [0.3, 0.4) is 0 Å². The number of aromatic nitrogens is 1. The van der Waals surface area contributed by atoms with E-state index in [1.54, 1.807) is 0 Å². The summed E-state index contributed by atoms with van der Waals surface area (Å²) in [4.78, 5) is 36.1. The second-order valence-electron chi connectivity index (χ2n) is 4.55. The Morgan fingerprint density at radius 3 is 2.36 bits per heavy atom. The lowest BCUT2D eigenvalue weighted by molar-refractivity contribution is -0.384. The third-order valence-electron chi connectivity index (χ3n) is 3.24. The largest absolute Gasteiger partial charge is 0.349 e. The summed E-state index contributed by atoms with van der Waals surface area (Å²) >= 11 is 1.88. The number of nitrogens with one attached hydrogen (secondary N) is 1. The maximum Gasteiger partial charge on any atom is 0.294 e. The zero-order valence-corrected chi connectivity index (χ0v) is 12.9. The van der Waals surface area contributed by atoms with Gasteiger partial charge in [0.25, 0.3) is 11.4 Å². The Morgan fingerprint density at radius 2 is 1.73 bits per heavy atom. The van der Waals surface area contributed by atoms with Gasteiger partial charge in [0.2, 0.25) is 0 Å². The second kappa shape index (κ2) is 5.02. The summed E-state index contributed by atoms with van der Waals surface area (Å²) in [6, 6.07) is 6.65. The van der Waals surface area contributed by atoms with Crippen LogP contribution in [0.2, 0.25) is 0 Å². The van der Waals surface area contributed by atoms with Gasteiger partial charge in [-0.15, -0.1) is 0 Å². The predicted octanol–water partition coefficient (Wildman–Crippen LogP) is 3.10. The molecule has 0 aliphatic carbocycles. The van der Waals surface area contributed by atoms with Gasteiger partial charge in [0.15, 0.2) is 5.43 Å². The first-order chi connectivity index (χ1) is 10.4. The average molecular weight is 411 g/mol. The van der Waals surface area contributed by atoms with E-state index >= 15 is 0 Å². The van der Waals surface area contributed by atoms with E-state index in [0.717, 1.165) is 0 Å². The van der Waals surface area contributed by atoms with E-state index in [-0.39, 0.29) is 27.7 Å². The highest BCUT2D eigenvalue weighted by atomic mass is 127. The summed E-state index contributed by atoms with van der Waals surface area (Å²) in [6.45, 7) is 0. The number of nitro benzene ring substituents is 2. The van der Waals surface area contributed by atoms with Gasteiger partial charge in [0, 0.05) is 21.8 Å². The number of pyridine rings is 1. The molecule has 0 amide bonds. The summed E-state index contributed by atoms with van der Waals surface area (Å²) in [7, 11) is 0. The molecule has 2 aromatic carbocycles. The molecular formula is C13H6IN3O5. The van der Waals surface area contributed by atoms with Gasteiger partial charge in [0.1, 0.15) is 5.52 Å². The number of benzene rings is 2. The van der Waals surface area contributed by atoms with Gasteiger partial charge in [0.05, 0.1) is 26.1 Å². The molecule has 110 valence electrons. The molecule has 0 spiro atoms. The number of nitrogens with zero attached hydrogens (tertiary/aromatic N) is 2. The molecule has 1 N–H and O–H groups in total. The van der Waals surface area contributed by atoms with Crippen LogP contribution in [-0.4, -0.2) is 14.8 Å². The minimum Gasteiger partial charge on any atom is -0.349 e. The lowest BCUT2D eigenvalue weighted by atomic mass is 10.1. The van der Waals surface area contributed by atoms with Crippen molar-refractivity contribution in [2.45, 2.75) is 0 Å². The molecule has 1 aromatic heterocycles. The normalized spacial score (nSPS) is 11.0. The van der Waals surface area contributed by atoms with Crippen LogP contribution in [0.4, 0.5) is 11.4 Å². The van der Waals surface area contributed by atoms with Crippen molar-refractivity contribution in [1.82, 2.24) is 4.98 Å². The molecule has 0 aliphatic rings. The minimum atomic E-state index is -0.597. The van der Waals surface area contributed by atoms with Crippen LogP contribution in [-0.2, 0) is 0 Å².